The second-order valence-corrected chi connectivity index (χ2v) is 4.74. The Bertz CT molecular complexity index is 389. The van der Waals surface area contributed by atoms with E-state index in [4.69, 9.17) is 5.11 Å². The van der Waals surface area contributed by atoms with Crippen molar-refractivity contribution in [1.82, 2.24) is 5.32 Å². The molecule has 1 aromatic carbocycles. The maximum absolute atomic E-state index is 13.4. The third-order valence-corrected chi connectivity index (χ3v) is 3.13. The van der Waals surface area contributed by atoms with Gasteiger partial charge in [-0.05, 0) is 30.4 Å². The zero-order valence-corrected chi connectivity index (χ0v) is 11.4. The molecule has 4 heteroatoms. The molecule has 1 rings (SSSR count). The second kappa shape index (κ2) is 8.64. The van der Waals surface area contributed by atoms with Crippen molar-refractivity contribution in [2.24, 2.45) is 5.92 Å². The van der Waals surface area contributed by atoms with E-state index in [1.54, 1.807) is 18.2 Å². The smallest absolute Gasteiger partial charge is 0.224 e. The molecule has 19 heavy (non-hydrogen) atoms. The van der Waals surface area contributed by atoms with E-state index >= 15 is 0 Å². The van der Waals surface area contributed by atoms with Gasteiger partial charge in [-0.15, -0.1) is 0 Å². The number of amides is 1. The molecule has 0 aliphatic rings. The minimum absolute atomic E-state index is 0.0602. The number of carbonyl (C=O) groups is 1. The van der Waals surface area contributed by atoms with Gasteiger partial charge in [-0.3, -0.25) is 4.79 Å². The predicted octanol–water partition coefficient (Wildman–Crippen LogP) is 2.28. The molecule has 1 aromatic rings. The molecule has 0 heterocycles. The number of aliphatic hydroxyl groups is 1. The molecule has 1 atom stereocenters. The van der Waals surface area contributed by atoms with Gasteiger partial charge in [0.15, 0.2) is 0 Å². The third kappa shape index (κ3) is 5.83. The summed E-state index contributed by atoms with van der Waals surface area (Å²) < 4.78 is 13.4. The topological polar surface area (TPSA) is 49.3 Å². The molecule has 0 spiro atoms. The number of aliphatic hydroxyl groups excluding tert-OH is 1. The largest absolute Gasteiger partial charge is 0.396 e. The summed E-state index contributed by atoms with van der Waals surface area (Å²) in [5.74, 6) is -0.234. The molecule has 0 aromatic heterocycles. The minimum Gasteiger partial charge on any atom is -0.396 e. The van der Waals surface area contributed by atoms with E-state index in [9.17, 15) is 9.18 Å². The summed E-state index contributed by atoms with van der Waals surface area (Å²) in [7, 11) is 0. The standard InChI is InChI=1S/C15H22FNO2/c1-2-5-12(8-9-18)11-17-15(19)10-13-6-3-4-7-14(13)16/h3-4,6-7,12,18H,2,5,8-11H2,1H3,(H,17,19). The first-order chi connectivity index (χ1) is 9.17. The second-order valence-electron chi connectivity index (χ2n) is 4.74. The van der Waals surface area contributed by atoms with E-state index in [1.807, 2.05) is 0 Å². The molecule has 0 aliphatic heterocycles. The predicted molar refractivity (Wildman–Crippen MR) is 73.2 cm³/mol. The molecule has 3 nitrogen and oxygen atoms in total. The quantitative estimate of drug-likeness (QED) is 0.759. The van der Waals surface area contributed by atoms with E-state index in [0.717, 1.165) is 12.8 Å². The van der Waals surface area contributed by atoms with Crippen molar-refractivity contribution in [3.63, 3.8) is 0 Å². The summed E-state index contributed by atoms with van der Waals surface area (Å²) in [4.78, 5) is 11.7. The first-order valence-corrected chi connectivity index (χ1v) is 6.78. The third-order valence-electron chi connectivity index (χ3n) is 3.13. The summed E-state index contributed by atoms with van der Waals surface area (Å²) >= 11 is 0. The Kier molecular flexibility index (Phi) is 7.11. The average Bonchev–Trinajstić information content (AvgIpc) is 2.39. The molecular formula is C15H22FNO2. The lowest BCUT2D eigenvalue weighted by molar-refractivity contribution is -0.120. The Hall–Kier alpha value is -1.42. The molecule has 0 saturated heterocycles. The lowest BCUT2D eigenvalue weighted by Gasteiger charge is -2.15. The maximum Gasteiger partial charge on any atom is 0.224 e. The van der Waals surface area contributed by atoms with Crippen molar-refractivity contribution in [2.45, 2.75) is 32.6 Å². The first-order valence-electron chi connectivity index (χ1n) is 6.78. The number of rotatable bonds is 8. The Labute approximate surface area is 113 Å². The van der Waals surface area contributed by atoms with Crippen molar-refractivity contribution < 1.29 is 14.3 Å². The Balaban J connectivity index is 2.40. The Morgan fingerprint density at radius 2 is 2.11 bits per heavy atom. The fraction of sp³-hybridized carbons (Fsp3) is 0.533. The lowest BCUT2D eigenvalue weighted by Crippen LogP contribution is -2.31. The van der Waals surface area contributed by atoms with Gasteiger partial charge in [-0.25, -0.2) is 4.39 Å². The van der Waals surface area contributed by atoms with Gasteiger partial charge in [0.1, 0.15) is 5.82 Å². The van der Waals surface area contributed by atoms with Crippen molar-refractivity contribution in [2.75, 3.05) is 13.2 Å². The monoisotopic (exact) mass is 267 g/mol. The van der Waals surface area contributed by atoms with Gasteiger partial charge in [0.2, 0.25) is 5.91 Å². The van der Waals surface area contributed by atoms with Crippen LogP contribution in [0.3, 0.4) is 0 Å². The van der Waals surface area contributed by atoms with Crippen LogP contribution in [0.4, 0.5) is 4.39 Å². The van der Waals surface area contributed by atoms with Crippen LogP contribution in [-0.4, -0.2) is 24.2 Å². The summed E-state index contributed by atoms with van der Waals surface area (Å²) in [5, 5.41) is 11.7. The summed E-state index contributed by atoms with van der Waals surface area (Å²) in [5.41, 5.74) is 0.411. The highest BCUT2D eigenvalue weighted by Gasteiger charge is 2.11. The van der Waals surface area contributed by atoms with Gasteiger partial charge in [0.25, 0.3) is 0 Å². The molecule has 1 unspecified atom stereocenters. The molecule has 106 valence electrons. The highest BCUT2D eigenvalue weighted by Crippen LogP contribution is 2.10. The number of halogens is 1. The highest BCUT2D eigenvalue weighted by atomic mass is 19.1. The lowest BCUT2D eigenvalue weighted by atomic mass is 10.00. The fourth-order valence-corrected chi connectivity index (χ4v) is 2.07. The van der Waals surface area contributed by atoms with Crippen LogP contribution < -0.4 is 5.32 Å². The van der Waals surface area contributed by atoms with Crippen LogP contribution >= 0.6 is 0 Å². The summed E-state index contributed by atoms with van der Waals surface area (Å²) in [6.07, 6.45) is 2.74. The number of carbonyl (C=O) groups excluding carboxylic acids is 1. The molecule has 1 amide bonds. The first kappa shape index (κ1) is 15.6. The van der Waals surface area contributed by atoms with Crippen molar-refractivity contribution in [3.05, 3.63) is 35.6 Å². The normalized spacial score (nSPS) is 12.2. The molecule has 0 fully saturated rings. The summed E-state index contributed by atoms with van der Waals surface area (Å²) in [6.45, 7) is 2.75. The number of benzene rings is 1. The number of hydrogen-bond acceptors (Lipinski definition) is 2. The molecule has 2 N–H and O–H groups in total. The summed E-state index contributed by atoms with van der Waals surface area (Å²) in [6, 6.07) is 6.30. The van der Waals surface area contributed by atoms with Crippen LogP contribution in [0.1, 0.15) is 31.7 Å². The van der Waals surface area contributed by atoms with Gasteiger partial charge in [0, 0.05) is 13.2 Å². The van der Waals surface area contributed by atoms with Crippen LogP contribution in [0.5, 0.6) is 0 Å². The SMILES string of the molecule is CCCC(CCO)CNC(=O)Cc1ccccc1F. The zero-order valence-electron chi connectivity index (χ0n) is 11.4. The maximum atomic E-state index is 13.4. The van der Waals surface area contributed by atoms with Gasteiger partial charge < -0.3 is 10.4 Å². The van der Waals surface area contributed by atoms with Gasteiger partial charge in [-0.1, -0.05) is 31.5 Å². The van der Waals surface area contributed by atoms with Crippen molar-refractivity contribution >= 4 is 5.91 Å². The van der Waals surface area contributed by atoms with E-state index in [0.29, 0.717) is 24.4 Å². The molecule has 0 radical (unpaired) electrons. The van der Waals surface area contributed by atoms with Crippen molar-refractivity contribution in [3.8, 4) is 0 Å². The van der Waals surface area contributed by atoms with E-state index in [-0.39, 0.29) is 24.8 Å². The van der Waals surface area contributed by atoms with Gasteiger partial charge in [-0.2, -0.15) is 0 Å². The van der Waals surface area contributed by atoms with Gasteiger partial charge in [0.05, 0.1) is 6.42 Å². The Morgan fingerprint density at radius 1 is 1.37 bits per heavy atom. The van der Waals surface area contributed by atoms with Crippen molar-refractivity contribution in [1.29, 1.82) is 0 Å². The highest BCUT2D eigenvalue weighted by molar-refractivity contribution is 5.78. The molecule has 0 saturated carbocycles. The zero-order chi connectivity index (χ0) is 14.1. The van der Waals surface area contributed by atoms with Gasteiger partial charge >= 0.3 is 0 Å². The average molecular weight is 267 g/mol. The number of hydrogen-bond donors (Lipinski definition) is 2. The molecule has 0 aliphatic carbocycles. The Morgan fingerprint density at radius 3 is 2.74 bits per heavy atom. The van der Waals surface area contributed by atoms with Crippen LogP contribution in [-0.2, 0) is 11.2 Å². The van der Waals surface area contributed by atoms with Crippen LogP contribution in [0.15, 0.2) is 24.3 Å². The fourth-order valence-electron chi connectivity index (χ4n) is 2.07. The molecular weight excluding hydrogens is 245 g/mol. The van der Waals surface area contributed by atoms with E-state index in [1.165, 1.54) is 6.07 Å². The van der Waals surface area contributed by atoms with Crippen LogP contribution in [0.25, 0.3) is 0 Å². The minimum atomic E-state index is -0.349. The van der Waals surface area contributed by atoms with Crippen LogP contribution in [0.2, 0.25) is 0 Å². The van der Waals surface area contributed by atoms with E-state index < -0.39 is 0 Å². The van der Waals surface area contributed by atoms with Crippen LogP contribution in [0, 0.1) is 11.7 Å². The molecule has 0 bridgehead atoms. The van der Waals surface area contributed by atoms with E-state index in [2.05, 4.69) is 12.2 Å². The number of nitrogens with one attached hydrogen (secondary N) is 1.